The van der Waals surface area contributed by atoms with Crippen molar-refractivity contribution in [3.05, 3.63) is 23.5 Å². The Bertz CT molecular complexity index is 513. The average molecular weight is 453 g/mol. The lowest BCUT2D eigenvalue weighted by atomic mass is 10.1. The molecule has 2 N–H and O–H groups in total. The van der Waals surface area contributed by atoms with Gasteiger partial charge < -0.3 is 15.4 Å². The van der Waals surface area contributed by atoms with Crippen LogP contribution in [0.5, 0.6) is 0 Å². The summed E-state index contributed by atoms with van der Waals surface area (Å²) in [6.45, 7) is 14.0. The van der Waals surface area contributed by atoms with Crippen LogP contribution in [-0.2, 0) is 14.3 Å². The van der Waals surface area contributed by atoms with E-state index >= 15 is 0 Å². The molecular formula is C27H52N2O3. The van der Waals surface area contributed by atoms with E-state index in [2.05, 4.69) is 24.5 Å². The van der Waals surface area contributed by atoms with Crippen LogP contribution in [0.2, 0.25) is 0 Å². The first-order valence-electron chi connectivity index (χ1n) is 12.9. The van der Waals surface area contributed by atoms with Gasteiger partial charge in [-0.05, 0) is 46.6 Å². The van der Waals surface area contributed by atoms with Crippen LogP contribution in [0.3, 0.4) is 0 Å². The van der Waals surface area contributed by atoms with Gasteiger partial charge in [0.15, 0.2) is 5.78 Å². The zero-order valence-corrected chi connectivity index (χ0v) is 22.0. The Morgan fingerprint density at radius 2 is 1.03 bits per heavy atom. The second kappa shape index (κ2) is 25.5. The molecule has 0 fully saturated rings. The number of nitrogens with one attached hydrogen (secondary N) is 2. The number of unbranched alkanes of at least 4 members (excludes halogenated alkanes) is 10. The summed E-state index contributed by atoms with van der Waals surface area (Å²) in [4.78, 5) is 21.9. The lowest BCUT2D eigenvalue weighted by molar-refractivity contribution is -0.137. The van der Waals surface area contributed by atoms with E-state index in [0.29, 0.717) is 6.61 Å². The van der Waals surface area contributed by atoms with E-state index in [0.717, 1.165) is 30.9 Å². The highest BCUT2D eigenvalue weighted by atomic mass is 16.5. The summed E-state index contributed by atoms with van der Waals surface area (Å²) in [5.41, 5.74) is 1.87. The highest BCUT2D eigenvalue weighted by Gasteiger charge is 1.97. The molecule has 0 bridgehead atoms. The van der Waals surface area contributed by atoms with Crippen molar-refractivity contribution in [3.63, 3.8) is 0 Å². The second-order valence-corrected chi connectivity index (χ2v) is 8.41. The van der Waals surface area contributed by atoms with Crippen molar-refractivity contribution in [1.29, 1.82) is 0 Å². The normalized spacial score (nSPS) is 11.4. The number of ether oxygens (including phenoxy) is 1. The van der Waals surface area contributed by atoms with Crippen molar-refractivity contribution < 1.29 is 14.3 Å². The summed E-state index contributed by atoms with van der Waals surface area (Å²) < 4.78 is 4.83. The number of carbonyl (C=O) groups excluding carboxylic acids is 2. The molecule has 0 spiro atoms. The molecule has 0 aromatic heterocycles. The van der Waals surface area contributed by atoms with E-state index in [9.17, 15) is 9.59 Å². The molecule has 0 amide bonds. The van der Waals surface area contributed by atoms with E-state index < -0.39 is 0 Å². The topological polar surface area (TPSA) is 67.4 Å². The summed E-state index contributed by atoms with van der Waals surface area (Å²) in [6, 6.07) is 0. The van der Waals surface area contributed by atoms with Crippen LogP contribution in [-0.4, -0.2) is 31.4 Å². The Morgan fingerprint density at radius 3 is 1.44 bits per heavy atom. The van der Waals surface area contributed by atoms with Gasteiger partial charge in [-0.25, -0.2) is 4.79 Å². The zero-order valence-electron chi connectivity index (χ0n) is 22.0. The molecule has 0 unspecified atom stereocenters. The van der Waals surface area contributed by atoms with Crippen molar-refractivity contribution in [2.24, 2.45) is 0 Å². The predicted molar refractivity (Wildman–Crippen MR) is 138 cm³/mol. The van der Waals surface area contributed by atoms with E-state index in [4.69, 9.17) is 4.74 Å². The molecule has 0 atom stereocenters. The number of allylic oxidation sites excluding steroid dienone is 3. The number of hydrogen-bond acceptors (Lipinski definition) is 5. The molecule has 0 aliphatic heterocycles. The minimum atomic E-state index is -0.263. The number of esters is 1. The van der Waals surface area contributed by atoms with Crippen molar-refractivity contribution in [3.8, 4) is 0 Å². The maximum Gasteiger partial charge on any atom is 0.332 e. The molecule has 0 saturated heterocycles. The lowest BCUT2D eigenvalue weighted by Crippen LogP contribution is -2.14. The fourth-order valence-electron chi connectivity index (χ4n) is 3.15. The molecule has 5 heteroatoms. The molecule has 188 valence electrons. The van der Waals surface area contributed by atoms with Gasteiger partial charge in [0.2, 0.25) is 0 Å². The van der Waals surface area contributed by atoms with Crippen molar-refractivity contribution in [2.45, 2.75) is 119 Å². The quantitative estimate of drug-likeness (QED) is 0.128. The SMILES string of the molecule is CCCCCCCCNC(C)=CC(=O)OCC.CCCCCCCCNC(C)=CC(C)=O. The Morgan fingerprint density at radius 1 is 0.625 bits per heavy atom. The molecule has 0 radical (unpaired) electrons. The standard InChI is InChI=1S/C14H27NO2.C13H25NO/c1-4-6-7-8-9-10-11-15-13(3)12-14(16)17-5-2;1-4-5-6-7-8-9-10-14-12(2)11-13(3)15/h12,15H,4-11H2,1-3H3;11,14H,4-10H2,1-3H3. The molecule has 0 aliphatic rings. The Labute approximate surface area is 198 Å². The van der Waals surface area contributed by atoms with Crippen molar-refractivity contribution in [2.75, 3.05) is 19.7 Å². The largest absolute Gasteiger partial charge is 0.463 e. The number of ketones is 1. The van der Waals surface area contributed by atoms with Crippen LogP contribution in [0.4, 0.5) is 0 Å². The average Bonchev–Trinajstić information content (AvgIpc) is 2.72. The molecule has 0 aromatic rings. The Hall–Kier alpha value is -1.78. The molecule has 0 aliphatic carbocycles. The minimum absolute atomic E-state index is 0.114. The molecule has 0 heterocycles. The van der Waals surface area contributed by atoms with E-state index in [1.165, 1.54) is 76.7 Å². The summed E-state index contributed by atoms with van der Waals surface area (Å²) in [5.74, 6) is -0.150. The summed E-state index contributed by atoms with van der Waals surface area (Å²) >= 11 is 0. The highest BCUT2D eigenvalue weighted by molar-refractivity contribution is 5.87. The van der Waals surface area contributed by atoms with Gasteiger partial charge in [-0.3, -0.25) is 4.79 Å². The zero-order chi connectivity index (χ0) is 24.5. The van der Waals surface area contributed by atoms with Crippen LogP contribution in [0.15, 0.2) is 23.5 Å². The number of carbonyl (C=O) groups is 2. The first-order chi connectivity index (χ1) is 15.4. The van der Waals surface area contributed by atoms with Gasteiger partial charge in [0.1, 0.15) is 0 Å². The summed E-state index contributed by atoms with van der Waals surface area (Å²) in [5, 5.41) is 6.47. The third-order valence-corrected chi connectivity index (χ3v) is 4.91. The molecule has 5 nitrogen and oxygen atoms in total. The van der Waals surface area contributed by atoms with Crippen LogP contribution < -0.4 is 10.6 Å². The van der Waals surface area contributed by atoms with Gasteiger partial charge >= 0.3 is 5.97 Å². The van der Waals surface area contributed by atoms with E-state index in [-0.39, 0.29) is 11.8 Å². The molecule has 0 saturated carbocycles. The third kappa shape index (κ3) is 28.2. The van der Waals surface area contributed by atoms with Gasteiger partial charge in [0.05, 0.1) is 6.61 Å². The molecule has 0 aromatic carbocycles. The van der Waals surface area contributed by atoms with Crippen LogP contribution >= 0.6 is 0 Å². The summed E-state index contributed by atoms with van der Waals surface area (Å²) in [6.07, 6.45) is 18.7. The van der Waals surface area contributed by atoms with Gasteiger partial charge in [-0.1, -0.05) is 78.1 Å². The monoisotopic (exact) mass is 452 g/mol. The first-order valence-corrected chi connectivity index (χ1v) is 12.9. The third-order valence-electron chi connectivity index (χ3n) is 4.91. The maximum atomic E-state index is 11.1. The first kappa shape index (κ1) is 32.4. The van der Waals surface area contributed by atoms with Crippen LogP contribution in [0, 0.1) is 0 Å². The molecular weight excluding hydrogens is 400 g/mol. The van der Waals surface area contributed by atoms with Gasteiger partial charge in [0, 0.05) is 30.6 Å². The molecule has 32 heavy (non-hydrogen) atoms. The fraction of sp³-hybridized carbons (Fsp3) is 0.778. The minimum Gasteiger partial charge on any atom is -0.463 e. The second-order valence-electron chi connectivity index (χ2n) is 8.41. The van der Waals surface area contributed by atoms with Crippen LogP contribution in [0.1, 0.15) is 119 Å². The van der Waals surface area contributed by atoms with Gasteiger partial charge in [-0.2, -0.15) is 0 Å². The maximum absolute atomic E-state index is 11.1. The lowest BCUT2D eigenvalue weighted by Gasteiger charge is -2.06. The van der Waals surface area contributed by atoms with Gasteiger partial charge in [0.25, 0.3) is 0 Å². The number of hydrogen-bond donors (Lipinski definition) is 2. The summed E-state index contributed by atoms with van der Waals surface area (Å²) in [7, 11) is 0. The number of rotatable bonds is 19. The molecule has 0 rings (SSSR count). The predicted octanol–water partition coefficient (Wildman–Crippen LogP) is 6.83. The Kier molecular flexibility index (Phi) is 25.8. The highest BCUT2D eigenvalue weighted by Crippen LogP contribution is 2.05. The Balaban J connectivity index is 0. The smallest absolute Gasteiger partial charge is 0.332 e. The van der Waals surface area contributed by atoms with Crippen molar-refractivity contribution in [1.82, 2.24) is 10.6 Å². The van der Waals surface area contributed by atoms with Crippen molar-refractivity contribution >= 4 is 11.8 Å². The van der Waals surface area contributed by atoms with E-state index in [1.54, 1.807) is 13.0 Å². The van der Waals surface area contributed by atoms with E-state index in [1.807, 2.05) is 20.8 Å². The van der Waals surface area contributed by atoms with Gasteiger partial charge in [-0.15, -0.1) is 0 Å². The fourth-order valence-corrected chi connectivity index (χ4v) is 3.15. The van der Waals surface area contributed by atoms with Crippen LogP contribution in [0.25, 0.3) is 0 Å².